The molecule has 0 saturated heterocycles. The first-order valence-corrected chi connectivity index (χ1v) is 6.34. The van der Waals surface area contributed by atoms with Crippen molar-refractivity contribution in [3.63, 3.8) is 0 Å². The van der Waals surface area contributed by atoms with E-state index in [1.807, 2.05) is 20.8 Å². The van der Waals surface area contributed by atoms with Crippen LogP contribution in [0.25, 0.3) is 0 Å². The molecule has 0 aromatic heterocycles. The second-order valence-electron chi connectivity index (χ2n) is 4.85. The molecule has 0 heterocycles. The van der Waals surface area contributed by atoms with Crippen molar-refractivity contribution in [3.8, 4) is 0 Å². The van der Waals surface area contributed by atoms with Crippen molar-refractivity contribution in [2.24, 2.45) is 11.7 Å². The summed E-state index contributed by atoms with van der Waals surface area (Å²) in [5.41, 5.74) is 5.06. The van der Waals surface area contributed by atoms with Gasteiger partial charge in [0.1, 0.15) is 11.8 Å². The summed E-state index contributed by atoms with van der Waals surface area (Å²) in [4.78, 5) is 1.75. The molecule has 0 radical (unpaired) electrons. The van der Waals surface area contributed by atoms with Gasteiger partial charge in [0.25, 0.3) is 0 Å². The van der Waals surface area contributed by atoms with Crippen molar-refractivity contribution < 1.29 is 13.2 Å². The highest BCUT2D eigenvalue weighted by atomic mass is 19.4. The third-order valence-electron chi connectivity index (χ3n) is 2.97. The molecule has 0 aliphatic heterocycles. The summed E-state index contributed by atoms with van der Waals surface area (Å²) in [6, 6.07) is 0.0195. The number of rotatable bonds is 8. The average Bonchev–Trinajstić information content (AvgIpc) is 2.20. The SMILES string of the molecule is CCCCCN(CC(C(=N)N)C(F)(F)F)C(C)C. The Hall–Kier alpha value is -0.780. The van der Waals surface area contributed by atoms with E-state index in [0.717, 1.165) is 19.3 Å². The van der Waals surface area contributed by atoms with Crippen LogP contribution in [0.5, 0.6) is 0 Å². The summed E-state index contributed by atoms with van der Waals surface area (Å²) in [7, 11) is 0. The maximum absolute atomic E-state index is 12.7. The second kappa shape index (κ2) is 7.61. The molecule has 108 valence electrons. The lowest BCUT2D eigenvalue weighted by atomic mass is 10.1. The summed E-state index contributed by atoms with van der Waals surface area (Å²) in [6.45, 7) is 6.17. The minimum Gasteiger partial charge on any atom is -0.387 e. The largest absolute Gasteiger partial charge is 0.399 e. The molecule has 0 saturated carbocycles. The third kappa shape index (κ3) is 6.23. The van der Waals surface area contributed by atoms with Crippen molar-refractivity contribution in [1.82, 2.24) is 4.90 Å². The Morgan fingerprint density at radius 2 is 1.83 bits per heavy atom. The summed E-state index contributed by atoms with van der Waals surface area (Å²) in [6.07, 6.45) is -1.54. The van der Waals surface area contributed by atoms with Crippen LogP contribution in [0.2, 0.25) is 0 Å². The van der Waals surface area contributed by atoms with Crippen molar-refractivity contribution >= 4 is 5.84 Å². The Morgan fingerprint density at radius 1 is 1.28 bits per heavy atom. The van der Waals surface area contributed by atoms with Crippen LogP contribution < -0.4 is 5.73 Å². The highest BCUT2D eigenvalue weighted by Crippen LogP contribution is 2.27. The predicted molar refractivity (Wildman–Crippen MR) is 67.7 cm³/mol. The summed E-state index contributed by atoms with van der Waals surface area (Å²) in [5.74, 6) is -2.66. The molecular weight excluding hydrogens is 243 g/mol. The quantitative estimate of drug-likeness (QED) is 0.403. The molecule has 3 nitrogen and oxygen atoms in total. The van der Waals surface area contributed by atoms with Gasteiger partial charge in [0.2, 0.25) is 0 Å². The van der Waals surface area contributed by atoms with Crippen LogP contribution in [0.3, 0.4) is 0 Å². The van der Waals surface area contributed by atoms with Crippen LogP contribution in [-0.4, -0.2) is 36.0 Å². The maximum atomic E-state index is 12.7. The van der Waals surface area contributed by atoms with E-state index in [0.29, 0.717) is 6.54 Å². The van der Waals surface area contributed by atoms with Crippen LogP contribution in [0.1, 0.15) is 40.0 Å². The number of nitrogens with zero attached hydrogens (tertiary/aromatic N) is 1. The topological polar surface area (TPSA) is 53.1 Å². The monoisotopic (exact) mass is 267 g/mol. The van der Waals surface area contributed by atoms with Crippen LogP contribution in [0, 0.1) is 11.3 Å². The van der Waals surface area contributed by atoms with E-state index in [2.05, 4.69) is 0 Å². The molecule has 0 aliphatic carbocycles. The lowest BCUT2D eigenvalue weighted by Crippen LogP contribution is -2.46. The smallest absolute Gasteiger partial charge is 0.387 e. The highest BCUT2D eigenvalue weighted by molar-refractivity contribution is 5.80. The Balaban J connectivity index is 4.57. The van der Waals surface area contributed by atoms with Gasteiger partial charge in [0.15, 0.2) is 0 Å². The molecule has 0 bridgehead atoms. The number of alkyl halides is 3. The Morgan fingerprint density at radius 3 is 2.17 bits per heavy atom. The molecule has 0 aromatic rings. The molecule has 0 amide bonds. The van der Waals surface area contributed by atoms with Gasteiger partial charge in [-0.3, -0.25) is 10.3 Å². The number of nitrogens with one attached hydrogen (secondary N) is 1. The molecule has 0 aromatic carbocycles. The average molecular weight is 267 g/mol. The Labute approximate surface area is 107 Å². The van der Waals surface area contributed by atoms with E-state index in [1.54, 1.807) is 4.90 Å². The lowest BCUT2D eigenvalue weighted by Gasteiger charge is -2.31. The van der Waals surface area contributed by atoms with Crippen molar-refractivity contribution in [2.45, 2.75) is 52.3 Å². The van der Waals surface area contributed by atoms with E-state index in [-0.39, 0.29) is 12.6 Å². The standard InChI is InChI=1S/C12H24F3N3/c1-4-5-6-7-18(9(2)3)8-10(11(16)17)12(13,14)15/h9-10H,4-8H2,1-3H3,(H3,16,17). The molecule has 0 rings (SSSR count). The van der Waals surface area contributed by atoms with Gasteiger partial charge in [-0.25, -0.2) is 0 Å². The minimum absolute atomic E-state index is 0.0195. The van der Waals surface area contributed by atoms with Gasteiger partial charge in [0, 0.05) is 12.6 Å². The van der Waals surface area contributed by atoms with Gasteiger partial charge in [-0.05, 0) is 26.8 Å². The Bertz CT molecular complexity index is 251. The summed E-state index contributed by atoms with van der Waals surface area (Å²) in [5, 5.41) is 7.09. The van der Waals surface area contributed by atoms with Gasteiger partial charge in [-0.15, -0.1) is 0 Å². The van der Waals surface area contributed by atoms with Crippen molar-refractivity contribution in [1.29, 1.82) is 5.41 Å². The van der Waals surface area contributed by atoms with Gasteiger partial charge >= 0.3 is 6.18 Å². The lowest BCUT2D eigenvalue weighted by molar-refractivity contribution is -0.160. The number of amidine groups is 1. The zero-order valence-corrected chi connectivity index (χ0v) is 11.3. The first kappa shape index (κ1) is 17.2. The first-order chi connectivity index (χ1) is 8.20. The number of nitrogens with two attached hydrogens (primary N) is 1. The van der Waals surface area contributed by atoms with Crippen LogP contribution in [0.4, 0.5) is 13.2 Å². The van der Waals surface area contributed by atoms with Gasteiger partial charge in [0.05, 0.1) is 0 Å². The first-order valence-electron chi connectivity index (χ1n) is 6.34. The zero-order chi connectivity index (χ0) is 14.3. The van der Waals surface area contributed by atoms with E-state index in [4.69, 9.17) is 11.1 Å². The summed E-state index contributed by atoms with van der Waals surface area (Å²) < 4.78 is 38.2. The van der Waals surface area contributed by atoms with Gasteiger partial charge < -0.3 is 5.73 Å². The Kier molecular flexibility index (Phi) is 7.28. The highest BCUT2D eigenvalue weighted by Gasteiger charge is 2.42. The second-order valence-corrected chi connectivity index (χ2v) is 4.85. The molecular formula is C12H24F3N3. The fourth-order valence-corrected chi connectivity index (χ4v) is 1.74. The van der Waals surface area contributed by atoms with E-state index < -0.39 is 17.9 Å². The normalized spacial score (nSPS) is 14.2. The molecule has 0 spiro atoms. The van der Waals surface area contributed by atoms with E-state index in [1.165, 1.54) is 0 Å². The van der Waals surface area contributed by atoms with Gasteiger partial charge in [-0.1, -0.05) is 19.8 Å². The predicted octanol–water partition coefficient (Wildman–Crippen LogP) is 3.00. The van der Waals surface area contributed by atoms with Gasteiger partial charge in [-0.2, -0.15) is 13.2 Å². The van der Waals surface area contributed by atoms with Crippen LogP contribution >= 0.6 is 0 Å². The number of hydrogen-bond donors (Lipinski definition) is 2. The minimum atomic E-state index is -4.44. The fourth-order valence-electron chi connectivity index (χ4n) is 1.74. The maximum Gasteiger partial charge on any atom is 0.399 e. The number of unbranched alkanes of at least 4 members (excludes halogenated alkanes) is 2. The van der Waals surface area contributed by atoms with Crippen molar-refractivity contribution in [2.75, 3.05) is 13.1 Å². The molecule has 3 N–H and O–H groups in total. The van der Waals surface area contributed by atoms with Crippen molar-refractivity contribution in [3.05, 3.63) is 0 Å². The van der Waals surface area contributed by atoms with E-state index >= 15 is 0 Å². The van der Waals surface area contributed by atoms with E-state index in [9.17, 15) is 13.2 Å². The van der Waals surface area contributed by atoms with Crippen LogP contribution in [0.15, 0.2) is 0 Å². The third-order valence-corrected chi connectivity index (χ3v) is 2.97. The molecule has 6 heteroatoms. The molecule has 18 heavy (non-hydrogen) atoms. The molecule has 1 unspecified atom stereocenters. The molecule has 0 fully saturated rings. The fraction of sp³-hybridized carbons (Fsp3) is 0.917. The molecule has 0 aliphatic rings. The van der Waals surface area contributed by atoms with Crippen LogP contribution in [-0.2, 0) is 0 Å². The number of hydrogen-bond acceptors (Lipinski definition) is 2. The summed E-state index contributed by atoms with van der Waals surface area (Å²) >= 11 is 0. The zero-order valence-electron chi connectivity index (χ0n) is 11.3. The molecule has 1 atom stereocenters. The number of halogens is 3.